The lowest BCUT2D eigenvalue weighted by molar-refractivity contribution is 0.0929. The Morgan fingerprint density at radius 1 is 1.18 bits per heavy atom. The monoisotopic (exact) mass is 463 g/mol. The molecule has 1 N–H and O–H groups in total. The van der Waals surface area contributed by atoms with E-state index < -0.39 is 17.5 Å². The van der Waals surface area contributed by atoms with Crippen molar-refractivity contribution in [1.29, 1.82) is 0 Å². The Morgan fingerprint density at radius 2 is 1.97 bits per heavy atom. The molecule has 0 saturated carbocycles. The minimum absolute atomic E-state index is 0.00516. The Balaban J connectivity index is 1.61. The summed E-state index contributed by atoms with van der Waals surface area (Å²) in [5.74, 6) is -1.56. The fourth-order valence-electron chi connectivity index (χ4n) is 4.26. The molecule has 4 aromatic rings. The number of fused-ring (bicyclic) bond motifs is 2. The number of benzene rings is 2. The molecule has 174 valence electrons. The Morgan fingerprint density at radius 3 is 2.76 bits per heavy atom. The van der Waals surface area contributed by atoms with Crippen molar-refractivity contribution in [2.45, 2.75) is 26.8 Å². The van der Waals surface area contributed by atoms with E-state index in [9.17, 15) is 13.6 Å². The van der Waals surface area contributed by atoms with Gasteiger partial charge in [-0.05, 0) is 56.7 Å². The number of imidazole rings is 1. The first-order valence-corrected chi connectivity index (χ1v) is 11.0. The molecule has 5 rings (SSSR count). The van der Waals surface area contributed by atoms with Crippen molar-refractivity contribution < 1.29 is 18.3 Å². The average Bonchev–Trinajstić information content (AvgIpc) is 3.22. The van der Waals surface area contributed by atoms with Crippen molar-refractivity contribution in [2.75, 3.05) is 18.2 Å². The van der Waals surface area contributed by atoms with Crippen LogP contribution >= 0.6 is 0 Å². The quantitative estimate of drug-likeness (QED) is 0.470. The standard InChI is InChI=1S/C25H23F2N5O2/c1-14(2)32-19-8-9-28-22(16-12-15(3)13-17(26)21(16)27)23(19)29-24(32)25(33)30-31-10-11-34-20-7-5-4-6-18(20)31/h4-9,12-14H,10-11H2,1-3H3,(H,30,33). The van der Waals surface area contributed by atoms with Gasteiger partial charge in [-0.3, -0.25) is 20.2 Å². The lowest BCUT2D eigenvalue weighted by atomic mass is 10.1. The molecule has 0 saturated heterocycles. The topological polar surface area (TPSA) is 72.3 Å². The van der Waals surface area contributed by atoms with Crippen LogP contribution in [0.3, 0.4) is 0 Å². The molecule has 3 heterocycles. The fraction of sp³-hybridized carbons (Fsp3) is 0.240. The predicted molar refractivity (Wildman–Crippen MR) is 125 cm³/mol. The van der Waals surface area contributed by atoms with Crippen LogP contribution in [0.15, 0.2) is 48.7 Å². The maximum absolute atomic E-state index is 14.7. The summed E-state index contributed by atoms with van der Waals surface area (Å²) in [6.07, 6.45) is 1.51. The highest BCUT2D eigenvalue weighted by Crippen LogP contribution is 2.33. The van der Waals surface area contributed by atoms with E-state index in [1.165, 1.54) is 12.3 Å². The lowest BCUT2D eigenvalue weighted by Gasteiger charge is -2.31. The Hall–Kier alpha value is -4.01. The molecule has 0 fully saturated rings. The van der Waals surface area contributed by atoms with Crippen LogP contribution in [0.25, 0.3) is 22.3 Å². The van der Waals surface area contributed by atoms with Gasteiger partial charge in [0.1, 0.15) is 23.6 Å². The molecule has 0 aliphatic carbocycles. The fourth-order valence-corrected chi connectivity index (χ4v) is 4.26. The lowest BCUT2D eigenvalue weighted by Crippen LogP contribution is -2.47. The third-order valence-electron chi connectivity index (χ3n) is 5.72. The van der Waals surface area contributed by atoms with Gasteiger partial charge < -0.3 is 9.30 Å². The number of aryl methyl sites for hydroxylation is 1. The zero-order valence-corrected chi connectivity index (χ0v) is 19.0. The number of carbonyl (C=O) groups excluding carboxylic acids is 1. The first-order chi connectivity index (χ1) is 16.3. The summed E-state index contributed by atoms with van der Waals surface area (Å²) in [4.78, 5) is 22.3. The summed E-state index contributed by atoms with van der Waals surface area (Å²) in [5, 5.41) is 1.72. The van der Waals surface area contributed by atoms with E-state index >= 15 is 0 Å². The molecule has 1 aliphatic rings. The molecule has 1 amide bonds. The number of rotatable bonds is 4. The Labute approximate surface area is 195 Å². The van der Waals surface area contributed by atoms with Crippen LogP contribution in [0.2, 0.25) is 0 Å². The maximum Gasteiger partial charge on any atom is 0.305 e. The number of hydrazine groups is 1. The molecule has 0 spiro atoms. The summed E-state index contributed by atoms with van der Waals surface area (Å²) < 4.78 is 36.3. The summed E-state index contributed by atoms with van der Waals surface area (Å²) >= 11 is 0. The molecule has 0 radical (unpaired) electrons. The maximum atomic E-state index is 14.7. The van der Waals surface area contributed by atoms with Gasteiger partial charge in [0.2, 0.25) is 5.82 Å². The van der Waals surface area contributed by atoms with Crippen LogP contribution in [-0.2, 0) is 0 Å². The van der Waals surface area contributed by atoms with Gasteiger partial charge in [-0.25, -0.2) is 13.8 Å². The van der Waals surface area contributed by atoms with Crippen LogP contribution in [0, 0.1) is 18.6 Å². The second-order valence-corrected chi connectivity index (χ2v) is 8.44. The summed E-state index contributed by atoms with van der Waals surface area (Å²) in [6.45, 7) is 6.41. The van der Waals surface area contributed by atoms with Gasteiger partial charge in [-0.2, -0.15) is 0 Å². The van der Waals surface area contributed by atoms with Gasteiger partial charge in [-0.15, -0.1) is 0 Å². The third kappa shape index (κ3) is 3.63. The van der Waals surface area contributed by atoms with E-state index in [1.807, 2.05) is 38.1 Å². The molecule has 1 aliphatic heterocycles. The zero-order valence-electron chi connectivity index (χ0n) is 19.0. The number of ether oxygens (including phenoxy) is 1. The van der Waals surface area contributed by atoms with Gasteiger partial charge in [0.05, 0.1) is 17.7 Å². The molecule has 2 aromatic carbocycles. The number of halogens is 2. The molecule has 34 heavy (non-hydrogen) atoms. The van der Waals surface area contributed by atoms with Crippen LogP contribution in [0.5, 0.6) is 5.75 Å². The summed E-state index contributed by atoms with van der Waals surface area (Å²) in [6, 6.07) is 11.7. The van der Waals surface area contributed by atoms with Crippen LogP contribution in [-0.4, -0.2) is 33.6 Å². The van der Waals surface area contributed by atoms with Crippen molar-refractivity contribution in [2.24, 2.45) is 0 Å². The second kappa shape index (κ2) is 8.40. The van der Waals surface area contributed by atoms with Crippen LogP contribution in [0.4, 0.5) is 14.5 Å². The first-order valence-electron chi connectivity index (χ1n) is 11.0. The number of anilines is 1. The number of nitrogens with zero attached hydrogens (tertiary/aromatic N) is 4. The van der Waals surface area contributed by atoms with Gasteiger partial charge in [0, 0.05) is 17.8 Å². The molecule has 0 unspecified atom stereocenters. The van der Waals surface area contributed by atoms with Gasteiger partial charge in [-0.1, -0.05) is 12.1 Å². The molecular formula is C25H23F2N5O2. The minimum Gasteiger partial charge on any atom is -0.489 e. The Kier molecular flexibility index (Phi) is 5.39. The summed E-state index contributed by atoms with van der Waals surface area (Å²) in [5.41, 5.74) is 5.33. The number of nitrogens with one attached hydrogen (secondary N) is 1. The first kappa shape index (κ1) is 21.8. The van der Waals surface area contributed by atoms with E-state index in [1.54, 1.807) is 22.6 Å². The highest BCUT2D eigenvalue weighted by atomic mass is 19.2. The SMILES string of the molecule is Cc1cc(F)c(F)c(-c2nccc3c2nc(C(=O)NN2CCOc4ccccc42)n3C(C)C)c1. The number of hydrogen-bond acceptors (Lipinski definition) is 5. The van der Waals surface area contributed by atoms with Gasteiger partial charge in [0.15, 0.2) is 11.6 Å². The number of pyridine rings is 1. The van der Waals surface area contributed by atoms with E-state index in [0.717, 1.165) is 11.8 Å². The smallest absolute Gasteiger partial charge is 0.305 e. The number of hydrogen-bond donors (Lipinski definition) is 1. The molecule has 2 aromatic heterocycles. The second-order valence-electron chi connectivity index (χ2n) is 8.44. The van der Waals surface area contributed by atoms with E-state index in [0.29, 0.717) is 35.5 Å². The largest absolute Gasteiger partial charge is 0.489 e. The van der Waals surface area contributed by atoms with Gasteiger partial charge >= 0.3 is 5.91 Å². The van der Waals surface area contributed by atoms with E-state index in [-0.39, 0.29) is 23.1 Å². The molecular weight excluding hydrogens is 440 g/mol. The highest BCUT2D eigenvalue weighted by Gasteiger charge is 2.26. The van der Waals surface area contributed by atoms with E-state index in [2.05, 4.69) is 15.4 Å². The van der Waals surface area contributed by atoms with Crippen molar-refractivity contribution in [3.8, 4) is 17.0 Å². The molecule has 9 heteroatoms. The van der Waals surface area contributed by atoms with Crippen molar-refractivity contribution in [3.63, 3.8) is 0 Å². The van der Waals surface area contributed by atoms with E-state index in [4.69, 9.17) is 4.74 Å². The van der Waals surface area contributed by atoms with Crippen molar-refractivity contribution in [3.05, 3.63) is 71.7 Å². The Bertz CT molecular complexity index is 1420. The molecule has 7 nitrogen and oxygen atoms in total. The van der Waals surface area contributed by atoms with Crippen molar-refractivity contribution >= 4 is 22.6 Å². The van der Waals surface area contributed by atoms with Gasteiger partial charge in [0.25, 0.3) is 0 Å². The number of amides is 1. The minimum atomic E-state index is -0.999. The van der Waals surface area contributed by atoms with Crippen LogP contribution in [0.1, 0.15) is 36.1 Å². The van der Waals surface area contributed by atoms with Crippen molar-refractivity contribution in [1.82, 2.24) is 20.0 Å². The number of carbonyl (C=O) groups is 1. The average molecular weight is 463 g/mol. The normalized spacial score (nSPS) is 13.2. The zero-order chi connectivity index (χ0) is 24.0. The predicted octanol–water partition coefficient (Wildman–Crippen LogP) is 4.81. The number of aromatic nitrogens is 3. The number of para-hydroxylation sites is 2. The highest BCUT2D eigenvalue weighted by molar-refractivity contribution is 5.99. The molecule has 0 atom stereocenters. The molecule has 0 bridgehead atoms. The third-order valence-corrected chi connectivity index (χ3v) is 5.72. The summed E-state index contributed by atoms with van der Waals surface area (Å²) in [7, 11) is 0. The van der Waals surface area contributed by atoms with Crippen LogP contribution < -0.4 is 15.2 Å².